The molecule has 2 rings (SSSR count). The van der Waals surface area contributed by atoms with E-state index in [1.165, 1.54) is 12.8 Å². The van der Waals surface area contributed by atoms with Crippen LogP contribution in [0, 0.1) is 0 Å². The first-order chi connectivity index (χ1) is 10.2. The van der Waals surface area contributed by atoms with Crippen LogP contribution in [0.3, 0.4) is 0 Å². The molecule has 1 aliphatic heterocycles. The fourth-order valence-corrected chi connectivity index (χ4v) is 2.82. The van der Waals surface area contributed by atoms with Crippen LogP contribution in [0.4, 0.5) is 0 Å². The smallest absolute Gasteiger partial charge is 0.239 e. The van der Waals surface area contributed by atoms with Crippen molar-refractivity contribution in [2.75, 3.05) is 39.5 Å². The Bertz CT molecular complexity index is 315. The van der Waals surface area contributed by atoms with E-state index in [1.807, 2.05) is 11.8 Å². The molecule has 122 valence electrons. The third-order valence-electron chi connectivity index (χ3n) is 4.18. The molecule has 0 aromatic carbocycles. The third kappa shape index (κ3) is 5.54. The van der Waals surface area contributed by atoms with Crippen molar-refractivity contribution >= 4 is 5.91 Å². The number of carbonyl (C=O) groups excluding carboxylic acids is 1. The van der Waals surface area contributed by atoms with E-state index in [1.54, 1.807) is 0 Å². The van der Waals surface area contributed by atoms with Crippen molar-refractivity contribution in [1.82, 2.24) is 10.2 Å². The molecule has 0 radical (unpaired) electrons. The fourth-order valence-electron chi connectivity index (χ4n) is 2.82. The largest absolute Gasteiger partial charge is 0.389 e. The molecule has 0 bridgehead atoms. The molecule has 0 aromatic heterocycles. The van der Waals surface area contributed by atoms with E-state index in [0.717, 1.165) is 12.8 Å². The Hall–Kier alpha value is -0.690. The zero-order valence-electron chi connectivity index (χ0n) is 12.9. The molecule has 2 N–H and O–H groups in total. The summed E-state index contributed by atoms with van der Waals surface area (Å²) >= 11 is 0. The van der Waals surface area contributed by atoms with Crippen LogP contribution >= 0.6 is 0 Å². The number of hydrogen-bond donors (Lipinski definition) is 2. The van der Waals surface area contributed by atoms with Crippen LogP contribution in [-0.2, 0) is 14.3 Å². The highest BCUT2D eigenvalue weighted by atomic mass is 16.5. The average molecular weight is 300 g/mol. The number of ether oxygens (including phenoxy) is 2. The summed E-state index contributed by atoms with van der Waals surface area (Å²) in [4.78, 5) is 14.0. The second-order valence-electron chi connectivity index (χ2n) is 5.96. The van der Waals surface area contributed by atoms with Gasteiger partial charge in [-0.05, 0) is 19.8 Å². The Morgan fingerprint density at radius 2 is 2.05 bits per heavy atom. The van der Waals surface area contributed by atoms with E-state index < -0.39 is 6.10 Å². The number of nitrogens with one attached hydrogen (secondary N) is 1. The van der Waals surface area contributed by atoms with E-state index >= 15 is 0 Å². The van der Waals surface area contributed by atoms with Crippen molar-refractivity contribution in [2.45, 2.75) is 50.9 Å². The van der Waals surface area contributed by atoms with Gasteiger partial charge in [0, 0.05) is 19.6 Å². The van der Waals surface area contributed by atoms with Gasteiger partial charge in [0.15, 0.2) is 0 Å². The van der Waals surface area contributed by atoms with Gasteiger partial charge in [0.1, 0.15) is 0 Å². The molecule has 2 unspecified atom stereocenters. The zero-order valence-corrected chi connectivity index (χ0v) is 12.9. The summed E-state index contributed by atoms with van der Waals surface area (Å²) in [7, 11) is 0. The van der Waals surface area contributed by atoms with Gasteiger partial charge in [0.2, 0.25) is 5.91 Å². The lowest BCUT2D eigenvalue weighted by molar-refractivity contribution is -0.137. The van der Waals surface area contributed by atoms with Gasteiger partial charge in [-0.25, -0.2) is 0 Å². The van der Waals surface area contributed by atoms with Gasteiger partial charge in [0.25, 0.3) is 0 Å². The predicted molar refractivity (Wildman–Crippen MR) is 79.1 cm³/mol. The van der Waals surface area contributed by atoms with Gasteiger partial charge in [-0.15, -0.1) is 0 Å². The molecule has 2 aliphatic rings. The zero-order chi connectivity index (χ0) is 15.1. The lowest BCUT2D eigenvalue weighted by Gasteiger charge is -2.29. The molecule has 2 fully saturated rings. The summed E-state index contributed by atoms with van der Waals surface area (Å²) in [6.07, 6.45) is 4.41. The minimum Gasteiger partial charge on any atom is -0.389 e. The molecular formula is C15H28N2O4. The van der Waals surface area contributed by atoms with Crippen molar-refractivity contribution in [3.63, 3.8) is 0 Å². The van der Waals surface area contributed by atoms with E-state index in [2.05, 4.69) is 5.32 Å². The SMILES string of the molecule is CC(NCC(O)COC1CCCC1)C(=O)N1CCOCC1. The van der Waals surface area contributed by atoms with Crippen molar-refractivity contribution in [3.8, 4) is 0 Å². The van der Waals surface area contributed by atoms with Crippen molar-refractivity contribution in [2.24, 2.45) is 0 Å². The first-order valence-corrected chi connectivity index (χ1v) is 8.06. The van der Waals surface area contributed by atoms with Gasteiger partial charge < -0.3 is 24.8 Å². The monoisotopic (exact) mass is 300 g/mol. The Labute approximate surface area is 126 Å². The number of carbonyl (C=O) groups is 1. The predicted octanol–water partition coefficient (Wildman–Crippen LogP) is 0.143. The molecule has 1 heterocycles. The number of aliphatic hydroxyl groups is 1. The van der Waals surface area contributed by atoms with Crippen LogP contribution in [0.25, 0.3) is 0 Å². The molecule has 1 aliphatic carbocycles. The maximum absolute atomic E-state index is 12.2. The highest BCUT2D eigenvalue weighted by Gasteiger charge is 2.23. The second kappa shape index (κ2) is 8.68. The first-order valence-electron chi connectivity index (χ1n) is 8.06. The highest BCUT2D eigenvalue weighted by Crippen LogP contribution is 2.20. The van der Waals surface area contributed by atoms with Crippen LogP contribution in [0.2, 0.25) is 0 Å². The lowest BCUT2D eigenvalue weighted by Crippen LogP contribution is -2.50. The van der Waals surface area contributed by atoms with Gasteiger partial charge in [0.05, 0.1) is 38.1 Å². The van der Waals surface area contributed by atoms with E-state index in [0.29, 0.717) is 45.6 Å². The van der Waals surface area contributed by atoms with Crippen molar-refractivity contribution in [3.05, 3.63) is 0 Å². The molecule has 1 saturated heterocycles. The minimum atomic E-state index is -0.564. The number of morpholine rings is 1. The van der Waals surface area contributed by atoms with Crippen LogP contribution in [0.5, 0.6) is 0 Å². The van der Waals surface area contributed by atoms with Gasteiger partial charge in [-0.2, -0.15) is 0 Å². The number of amides is 1. The van der Waals surface area contributed by atoms with Gasteiger partial charge in [-0.1, -0.05) is 12.8 Å². The van der Waals surface area contributed by atoms with Crippen LogP contribution in [0.15, 0.2) is 0 Å². The second-order valence-corrected chi connectivity index (χ2v) is 5.96. The van der Waals surface area contributed by atoms with Crippen molar-refractivity contribution in [1.29, 1.82) is 0 Å². The number of nitrogens with zero attached hydrogens (tertiary/aromatic N) is 1. The summed E-state index contributed by atoms with van der Waals surface area (Å²) in [5, 5.41) is 13.0. The van der Waals surface area contributed by atoms with E-state index in [4.69, 9.17) is 9.47 Å². The third-order valence-corrected chi connectivity index (χ3v) is 4.18. The molecule has 1 amide bonds. The molecule has 21 heavy (non-hydrogen) atoms. The highest BCUT2D eigenvalue weighted by molar-refractivity contribution is 5.81. The Morgan fingerprint density at radius 3 is 2.71 bits per heavy atom. The summed E-state index contributed by atoms with van der Waals surface area (Å²) in [6.45, 7) is 5.07. The number of hydrogen-bond acceptors (Lipinski definition) is 5. The fraction of sp³-hybridized carbons (Fsp3) is 0.933. The number of aliphatic hydroxyl groups excluding tert-OH is 1. The molecule has 0 spiro atoms. The molecule has 2 atom stereocenters. The molecule has 1 saturated carbocycles. The van der Waals surface area contributed by atoms with Gasteiger partial charge in [-0.3, -0.25) is 4.79 Å². The maximum atomic E-state index is 12.2. The van der Waals surface area contributed by atoms with Crippen molar-refractivity contribution < 1.29 is 19.4 Å². The summed E-state index contributed by atoms with van der Waals surface area (Å²) in [5.41, 5.74) is 0. The lowest BCUT2D eigenvalue weighted by atomic mass is 10.2. The normalized spacial score (nSPS) is 23.2. The maximum Gasteiger partial charge on any atom is 0.239 e. The first kappa shape index (κ1) is 16.7. The Morgan fingerprint density at radius 1 is 1.38 bits per heavy atom. The Balaban J connectivity index is 1.60. The quantitative estimate of drug-likeness (QED) is 0.700. The summed E-state index contributed by atoms with van der Waals surface area (Å²) in [5.74, 6) is 0.0715. The average Bonchev–Trinajstić information content (AvgIpc) is 3.04. The molecular weight excluding hydrogens is 272 g/mol. The van der Waals surface area contributed by atoms with Crippen LogP contribution in [-0.4, -0.2) is 73.6 Å². The van der Waals surface area contributed by atoms with Crippen LogP contribution < -0.4 is 5.32 Å². The Kier molecular flexibility index (Phi) is 6.89. The van der Waals surface area contributed by atoms with E-state index in [9.17, 15) is 9.90 Å². The summed E-state index contributed by atoms with van der Waals surface area (Å²) < 4.78 is 10.9. The summed E-state index contributed by atoms with van der Waals surface area (Å²) in [6, 6.07) is -0.288. The van der Waals surface area contributed by atoms with Gasteiger partial charge >= 0.3 is 0 Å². The minimum absolute atomic E-state index is 0.0715. The number of rotatable bonds is 7. The van der Waals surface area contributed by atoms with E-state index in [-0.39, 0.29) is 11.9 Å². The molecule has 0 aromatic rings. The molecule has 6 heteroatoms. The molecule has 6 nitrogen and oxygen atoms in total. The van der Waals surface area contributed by atoms with Crippen LogP contribution in [0.1, 0.15) is 32.6 Å². The topological polar surface area (TPSA) is 71.0 Å². The standard InChI is InChI=1S/C15H28N2O4/c1-12(15(19)17-6-8-20-9-7-17)16-10-13(18)11-21-14-4-2-3-5-14/h12-14,16,18H,2-11H2,1H3.